The fourth-order valence-electron chi connectivity index (χ4n) is 3.22. The summed E-state index contributed by atoms with van der Waals surface area (Å²) in [5.41, 5.74) is 1.13. The Morgan fingerprint density at radius 1 is 1.21 bits per heavy atom. The summed E-state index contributed by atoms with van der Waals surface area (Å²) < 4.78 is 11.4. The number of thioether (sulfide) groups is 1. The molecule has 2 aromatic rings. The van der Waals surface area contributed by atoms with E-state index >= 15 is 0 Å². The highest BCUT2D eigenvalue weighted by Gasteiger charge is 2.41. The van der Waals surface area contributed by atoms with Crippen LogP contribution in [0.15, 0.2) is 35.6 Å². The van der Waals surface area contributed by atoms with Crippen molar-refractivity contribution in [2.24, 2.45) is 0 Å². The van der Waals surface area contributed by atoms with Crippen molar-refractivity contribution in [1.29, 1.82) is 0 Å². The molecule has 2 aliphatic heterocycles. The third-order valence-electron chi connectivity index (χ3n) is 4.68. The first-order chi connectivity index (χ1) is 14.1. The van der Waals surface area contributed by atoms with Crippen LogP contribution in [-0.4, -0.2) is 71.3 Å². The summed E-state index contributed by atoms with van der Waals surface area (Å²) in [6, 6.07) is 6.24. The second-order valence-electron chi connectivity index (χ2n) is 6.44. The summed E-state index contributed by atoms with van der Waals surface area (Å²) in [5, 5.41) is 3.57. The van der Waals surface area contributed by atoms with Crippen molar-refractivity contribution in [2.75, 3.05) is 31.3 Å². The Morgan fingerprint density at radius 3 is 2.45 bits per heavy atom. The molecule has 4 rings (SSSR count). The number of nitrogens with one attached hydrogen (secondary N) is 1. The molecule has 150 valence electrons. The van der Waals surface area contributed by atoms with Gasteiger partial charge in [-0.3, -0.25) is 19.3 Å². The Hall–Kier alpha value is -2.82. The fourth-order valence-corrected chi connectivity index (χ4v) is 3.56. The Kier molecular flexibility index (Phi) is 5.56. The van der Waals surface area contributed by atoms with Crippen LogP contribution in [0.25, 0.3) is 0 Å². The number of carbonyl (C=O) groups excluding carboxylic acids is 3. The van der Waals surface area contributed by atoms with Gasteiger partial charge in [0.2, 0.25) is 0 Å². The van der Waals surface area contributed by atoms with Crippen LogP contribution in [0.3, 0.4) is 0 Å². The van der Waals surface area contributed by atoms with Crippen LogP contribution in [0.1, 0.15) is 31.1 Å². The number of hydrogen-bond donors (Lipinski definition) is 1. The van der Waals surface area contributed by atoms with E-state index in [1.807, 2.05) is 6.26 Å². The average molecular weight is 414 g/mol. The van der Waals surface area contributed by atoms with E-state index in [9.17, 15) is 14.4 Å². The lowest BCUT2D eigenvalue weighted by atomic mass is 10.1. The number of aldehydes is 1. The topological polar surface area (TPSA) is 111 Å². The van der Waals surface area contributed by atoms with Gasteiger partial charge in [0.05, 0.1) is 42.5 Å². The highest BCUT2D eigenvalue weighted by Crippen LogP contribution is 2.26. The molecule has 1 aromatic carbocycles. The Labute approximate surface area is 170 Å². The van der Waals surface area contributed by atoms with Crippen molar-refractivity contribution in [3.05, 3.63) is 47.2 Å². The SMILES string of the molecule is CSc1ncc(C=O)c(NCC2OCC(N3C(=O)c4ccccc4C3=O)CO2)n1. The van der Waals surface area contributed by atoms with Crippen molar-refractivity contribution in [1.82, 2.24) is 14.9 Å². The molecule has 10 heteroatoms. The van der Waals surface area contributed by atoms with E-state index < -0.39 is 12.3 Å². The lowest BCUT2D eigenvalue weighted by Crippen LogP contribution is -2.50. The molecule has 1 N–H and O–H groups in total. The van der Waals surface area contributed by atoms with Gasteiger partial charge in [0.25, 0.3) is 11.8 Å². The number of benzene rings is 1. The zero-order chi connectivity index (χ0) is 20.4. The van der Waals surface area contributed by atoms with Crippen LogP contribution in [0.5, 0.6) is 0 Å². The number of ether oxygens (including phenoxy) is 2. The monoisotopic (exact) mass is 414 g/mol. The minimum Gasteiger partial charge on any atom is -0.364 e. The molecule has 1 fully saturated rings. The number of rotatable bonds is 6. The molecule has 0 bridgehead atoms. The van der Waals surface area contributed by atoms with E-state index in [2.05, 4.69) is 15.3 Å². The standard InChI is InChI=1S/C19H18N4O5S/c1-29-19-21-6-11(8-24)16(22-19)20-7-15-27-9-12(10-28-15)23-17(25)13-4-2-3-5-14(13)18(23)26/h2-6,8,12,15H,7,9-10H2,1H3,(H,20,21,22). The molecule has 0 aliphatic carbocycles. The second-order valence-corrected chi connectivity index (χ2v) is 7.21. The highest BCUT2D eigenvalue weighted by molar-refractivity contribution is 7.98. The van der Waals surface area contributed by atoms with E-state index in [1.165, 1.54) is 22.9 Å². The zero-order valence-corrected chi connectivity index (χ0v) is 16.3. The van der Waals surface area contributed by atoms with Crippen LogP contribution in [-0.2, 0) is 9.47 Å². The maximum absolute atomic E-state index is 12.6. The summed E-state index contributed by atoms with van der Waals surface area (Å²) >= 11 is 1.36. The minimum absolute atomic E-state index is 0.165. The van der Waals surface area contributed by atoms with Gasteiger partial charge in [-0.25, -0.2) is 9.97 Å². The van der Waals surface area contributed by atoms with Crippen LogP contribution in [0.2, 0.25) is 0 Å². The molecular weight excluding hydrogens is 396 g/mol. The van der Waals surface area contributed by atoms with E-state index in [0.717, 1.165) is 0 Å². The van der Waals surface area contributed by atoms with E-state index in [4.69, 9.17) is 9.47 Å². The van der Waals surface area contributed by atoms with Crippen LogP contribution in [0, 0.1) is 0 Å². The molecule has 0 atom stereocenters. The predicted octanol–water partition coefficient (Wildman–Crippen LogP) is 1.46. The molecule has 1 aromatic heterocycles. The predicted molar refractivity (Wildman–Crippen MR) is 104 cm³/mol. The fraction of sp³-hybridized carbons (Fsp3) is 0.316. The largest absolute Gasteiger partial charge is 0.364 e. The normalized spacial score (nSPS) is 21.2. The third kappa shape index (κ3) is 3.74. The molecule has 2 amide bonds. The number of imide groups is 1. The number of carbonyl (C=O) groups is 3. The smallest absolute Gasteiger partial charge is 0.261 e. The summed E-state index contributed by atoms with van der Waals surface area (Å²) in [5.74, 6) is -0.268. The Bertz CT molecular complexity index is 926. The van der Waals surface area contributed by atoms with Gasteiger partial charge in [0.1, 0.15) is 5.82 Å². The van der Waals surface area contributed by atoms with E-state index in [0.29, 0.717) is 34.0 Å². The first-order valence-corrected chi connectivity index (χ1v) is 10.1. The number of fused-ring (bicyclic) bond motifs is 1. The molecule has 1 saturated heterocycles. The number of aromatic nitrogens is 2. The van der Waals surface area contributed by atoms with Crippen molar-refractivity contribution < 1.29 is 23.9 Å². The third-order valence-corrected chi connectivity index (χ3v) is 5.24. The molecular formula is C19H18N4O5S. The maximum atomic E-state index is 12.6. The summed E-state index contributed by atoms with van der Waals surface area (Å²) in [6.07, 6.45) is 3.36. The van der Waals surface area contributed by atoms with Crippen molar-refractivity contribution in [3.63, 3.8) is 0 Å². The molecule has 2 aliphatic rings. The van der Waals surface area contributed by atoms with Gasteiger partial charge in [-0.15, -0.1) is 0 Å². The van der Waals surface area contributed by atoms with Gasteiger partial charge in [-0.2, -0.15) is 0 Å². The first kappa shape index (κ1) is 19.5. The highest BCUT2D eigenvalue weighted by atomic mass is 32.2. The molecule has 0 spiro atoms. The number of hydrogen-bond acceptors (Lipinski definition) is 9. The Balaban J connectivity index is 1.36. The van der Waals surface area contributed by atoms with Gasteiger partial charge in [0.15, 0.2) is 17.7 Å². The van der Waals surface area contributed by atoms with Gasteiger partial charge in [0, 0.05) is 6.20 Å². The number of nitrogens with zero attached hydrogens (tertiary/aromatic N) is 3. The van der Waals surface area contributed by atoms with Crippen molar-refractivity contribution >= 4 is 35.7 Å². The van der Waals surface area contributed by atoms with E-state index in [1.54, 1.807) is 24.3 Å². The molecule has 0 unspecified atom stereocenters. The van der Waals surface area contributed by atoms with Gasteiger partial charge < -0.3 is 14.8 Å². The number of anilines is 1. The second kappa shape index (κ2) is 8.27. The average Bonchev–Trinajstić information content (AvgIpc) is 3.03. The summed E-state index contributed by atoms with van der Waals surface area (Å²) in [6.45, 7) is 0.580. The molecule has 9 nitrogen and oxygen atoms in total. The van der Waals surface area contributed by atoms with Crippen LogP contribution < -0.4 is 5.32 Å². The quantitative estimate of drug-likeness (QED) is 0.325. The van der Waals surface area contributed by atoms with Crippen molar-refractivity contribution in [3.8, 4) is 0 Å². The maximum Gasteiger partial charge on any atom is 0.261 e. The summed E-state index contributed by atoms with van der Waals surface area (Å²) in [7, 11) is 0. The van der Waals surface area contributed by atoms with Crippen molar-refractivity contribution in [2.45, 2.75) is 17.5 Å². The molecule has 3 heterocycles. The lowest BCUT2D eigenvalue weighted by Gasteiger charge is -2.33. The first-order valence-electron chi connectivity index (χ1n) is 8.92. The van der Waals surface area contributed by atoms with Gasteiger partial charge >= 0.3 is 0 Å². The lowest BCUT2D eigenvalue weighted by molar-refractivity contribution is -0.189. The van der Waals surface area contributed by atoms with Crippen LogP contribution in [0.4, 0.5) is 5.82 Å². The van der Waals surface area contributed by atoms with E-state index in [-0.39, 0.29) is 31.6 Å². The minimum atomic E-state index is -0.603. The van der Waals surface area contributed by atoms with Crippen LogP contribution >= 0.6 is 11.8 Å². The van der Waals surface area contributed by atoms with Gasteiger partial charge in [-0.05, 0) is 18.4 Å². The number of amides is 2. The van der Waals surface area contributed by atoms with Gasteiger partial charge in [-0.1, -0.05) is 23.9 Å². The molecule has 0 saturated carbocycles. The summed E-state index contributed by atoms with van der Waals surface area (Å²) in [4.78, 5) is 45.8. The zero-order valence-electron chi connectivity index (χ0n) is 15.5. The molecule has 29 heavy (non-hydrogen) atoms. The molecule has 0 radical (unpaired) electrons. The Morgan fingerprint density at radius 2 is 1.86 bits per heavy atom.